The fourth-order valence-corrected chi connectivity index (χ4v) is 3.19. The Labute approximate surface area is 111 Å². The summed E-state index contributed by atoms with van der Waals surface area (Å²) in [6, 6.07) is 6.80. The molecule has 0 saturated carbocycles. The summed E-state index contributed by atoms with van der Waals surface area (Å²) < 4.78 is 1.19. The van der Waals surface area contributed by atoms with Gasteiger partial charge in [0.05, 0.1) is 0 Å². The number of unbranched alkanes of at least 4 members (excludes halogenated alkanes) is 1. The molecule has 0 saturated heterocycles. The third-order valence-electron chi connectivity index (χ3n) is 2.33. The molecule has 0 fully saturated rings. The van der Waals surface area contributed by atoms with Gasteiger partial charge in [0.15, 0.2) is 0 Å². The number of hydrogen-bond donors (Lipinski definition) is 1. The summed E-state index contributed by atoms with van der Waals surface area (Å²) in [5.41, 5.74) is 7.10. The Balaban J connectivity index is 2.60. The molecule has 1 unspecified atom stereocenters. The zero-order chi connectivity index (χ0) is 12.0. The third-order valence-corrected chi connectivity index (χ3v) is 4.15. The van der Waals surface area contributed by atoms with Gasteiger partial charge < -0.3 is 5.73 Å². The molecular weight excluding hydrogens is 282 g/mol. The summed E-state index contributed by atoms with van der Waals surface area (Å²) in [4.78, 5) is 1.34. The van der Waals surface area contributed by atoms with E-state index in [2.05, 4.69) is 41.1 Å². The Morgan fingerprint density at radius 2 is 2.19 bits per heavy atom. The Bertz CT molecular complexity index is 326. The van der Waals surface area contributed by atoms with Crippen molar-refractivity contribution in [3.63, 3.8) is 0 Å². The Morgan fingerprint density at radius 3 is 2.75 bits per heavy atom. The first-order valence-electron chi connectivity index (χ1n) is 5.80. The summed E-state index contributed by atoms with van der Waals surface area (Å²) in [5, 5.41) is 0. The number of thioether (sulfide) groups is 1. The van der Waals surface area contributed by atoms with Gasteiger partial charge >= 0.3 is 0 Å². The smallest absolute Gasteiger partial charge is 0.0219 e. The average molecular weight is 302 g/mol. The van der Waals surface area contributed by atoms with E-state index >= 15 is 0 Å². The lowest BCUT2D eigenvalue weighted by molar-refractivity contribution is 0.735. The van der Waals surface area contributed by atoms with Gasteiger partial charge in [-0.05, 0) is 43.2 Å². The summed E-state index contributed by atoms with van der Waals surface area (Å²) >= 11 is 5.54. The first-order chi connectivity index (χ1) is 7.63. The molecule has 16 heavy (non-hydrogen) atoms. The first kappa shape index (κ1) is 14.1. The van der Waals surface area contributed by atoms with Gasteiger partial charge in [-0.15, -0.1) is 11.8 Å². The number of rotatable bonds is 6. The molecule has 0 aliphatic carbocycles. The summed E-state index contributed by atoms with van der Waals surface area (Å²) in [6.07, 6.45) is 3.47. The van der Waals surface area contributed by atoms with Crippen molar-refractivity contribution in [2.75, 3.05) is 5.75 Å². The van der Waals surface area contributed by atoms with E-state index in [4.69, 9.17) is 5.73 Å². The molecule has 0 heterocycles. The average Bonchev–Trinajstić information content (AvgIpc) is 2.22. The largest absolute Gasteiger partial charge is 0.328 e. The third kappa shape index (κ3) is 4.89. The van der Waals surface area contributed by atoms with Crippen molar-refractivity contribution in [2.24, 2.45) is 5.73 Å². The van der Waals surface area contributed by atoms with Crippen LogP contribution in [0.3, 0.4) is 0 Å². The number of hydrogen-bond acceptors (Lipinski definition) is 2. The van der Waals surface area contributed by atoms with Crippen LogP contribution in [-0.4, -0.2) is 11.8 Å². The Morgan fingerprint density at radius 1 is 1.44 bits per heavy atom. The van der Waals surface area contributed by atoms with E-state index in [0.717, 1.165) is 6.42 Å². The van der Waals surface area contributed by atoms with Crippen molar-refractivity contribution < 1.29 is 0 Å². The van der Waals surface area contributed by atoms with Crippen molar-refractivity contribution in [2.45, 2.75) is 44.0 Å². The molecule has 0 amide bonds. The van der Waals surface area contributed by atoms with Crippen LogP contribution in [0.15, 0.2) is 27.6 Å². The molecule has 3 heteroatoms. The second kappa shape index (κ2) is 7.36. The van der Waals surface area contributed by atoms with Crippen molar-refractivity contribution in [3.05, 3.63) is 28.2 Å². The van der Waals surface area contributed by atoms with Gasteiger partial charge in [0.1, 0.15) is 0 Å². The maximum Gasteiger partial charge on any atom is 0.0219 e. The quantitative estimate of drug-likeness (QED) is 0.628. The highest BCUT2D eigenvalue weighted by atomic mass is 79.9. The lowest BCUT2D eigenvalue weighted by atomic mass is 10.1. The molecule has 1 rings (SSSR count). The highest BCUT2D eigenvalue weighted by Crippen LogP contribution is 2.26. The van der Waals surface area contributed by atoms with Crippen molar-refractivity contribution in [3.8, 4) is 0 Å². The van der Waals surface area contributed by atoms with E-state index < -0.39 is 0 Å². The van der Waals surface area contributed by atoms with Gasteiger partial charge in [-0.1, -0.05) is 35.3 Å². The molecule has 2 N–H and O–H groups in total. The van der Waals surface area contributed by atoms with E-state index in [-0.39, 0.29) is 6.04 Å². The monoisotopic (exact) mass is 301 g/mol. The van der Waals surface area contributed by atoms with Crippen LogP contribution in [0.5, 0.6) is 0 Å². The molecule has 0 aliphatic heterocycles. The summed E-state index contributed by atoms with van der Waals surface area (Å²) in [6.45, 7) is 4.26. The van der Waals surface area contributed by atoms with E-state index in [1.165, 1.54) is 33.5 Å². The molecule has 0 radical (unpaired) electrons. The van der Waals surface area contributed by atoms with Gasteiger partial charge in [0.2, 0.25) is 0 Å². The lowest BCUT2D eigenvalue weighted by Crippen LogP contribution is -2.17. The number of nitrogens with two attached hydrogens (primary N) is 1. The van der Waals surface area contributed by atoms with Crippen molar-refractivity contribution in [1.82, 2.24) is 0 Å². The van der Waals surface area contributed by atoms with Crippen LogP contribution < -0.4 is 5.73 Å². The maximum absolute atomic E-state index is 5.80. The van der Waals surface area contributed by atoms with Crippen LogP contribution in [0, 0.1) is 0 Å². The lowest BCUT2D eigenvalue weighted by Gasteiger charge is -2.09. The Hall–Kier alpha value is 0.01000. The zero-order valence-electron chi connectivity index (χ0n) is 10.0. The van der Waals surface area contributed by atoms with Crippen molar-refractivity contribution in [1.29, 1.82) is 0 Å². The predicted octanol–water partition coefficient (Wildman–Crippen LogP) is 4.23. The fraction of sp³-hybridized carbons (Fsp3) is 0.538. The summed E-state index contributed by atoms with van der Waals surface area (Å²) in [7, 11) is 0. The van der Waals surface area contributed by atoms with Crippen LogP contribution in [0.1, 0.15) is 32.3 Å². The predicted molar refractivity (Wildman–Crippen MR) is 77.1 cm³/mol. The van der Waals surface area contributed by atoms with E-state index in [9.17, 15) is 0 Å². The van der Waals surface area contributed by atoms with Crippen LogP contribution >= 0.6 is 27.7 Å². The van der Waals surface area contributed by atoms with Crippen LogP contribution in [0.25, 0.3) is 0 Å². The van der Waals surface area contributed by atoms with Crippen molar-refractivity contribution >= 4 is 27.7 Å². The molecule has 0 aliphatic rings. The SMILES string of the molecule is CCCCSc1ccc(CC(C)N)c(Br)c1. The molecule has 90 valence electrons. The fourth-order valence-electron chi connectivity index (χ4n) is 1.46. The van der Waals surface area contributed by atoms with Gasteiger partial charge in [-0.2, -0.15) is 0 Å². The molecule has 0 spiro atoms. The molecular formula is C13H20BrNS. The molecule has 0 bridgehead atoms. The second-order valence-electron chi connectivity index (χ2n) is 4.14. The Kier molecular flexibility index (Phi) is 6.47. The zero-order valence-corrected chi connectivity index (χ0v) is 12.4. The van der Waals surface area contributed by atoms with Gasteiger partial charge in [-0.25, -0.2) is 0 Å². The van der Waals surface area contributed by atoms with Crippen LogP contribution in [-0.2, 0) is 6.42 Å². The van der Waals surface area contributed by atoms with E-state index in [0.29, 0.717) is 0 Å². The minimum atomic E-state index is 0.217. The maximum atomic E-state index is 5.80. The molecule has 1 aromatic carbocycles. The van der Waals surface area contributed by atoms with E-state index in [1.54, 1.807) is 0 Å². The second-order valence-corrected chi connectivity index (χ2v) is 6.16. The molecule has 1 aromatic rings. The minimum absolute atomic E-state index is 0.217. The van der Waals surface area contributed by atoms with Crippen LogP contribution in [0.2, 0.25) is 0 Å². The summed E-state index contributed by atoms with van der Waals surface area (Å²) in [5.74, 6) is 1.20. The molecule has 1 atom stereocenters. The molecule has 1 nitrogen and oxygen atoms in total. The normalized spacial score (nSPS) is 12.8. The highest BCUT2D eigenvalue weighted by molar-refractivity contribution is 9.10. The van der Waals surface area contributed by atoms with Gasteiger partial charge in [0.25, 0.3) is 0 Å². The highest BCUT2D eigenvalue weighted by Gasteiger charge is 2.04. The van der Waals surface area contributed by atoms with Crippen LogP contribution in [0.4, 0.5) is 0 Å². The molecule has 0 aromatic heterocycles. The van der Waals surface area contributed by atoms with Gasteiger partial charge in [0, 0.05) is 15.4 Å². The van der Waals surface area contributed by atoms with Gasteiger partial charge in [-0.3, -0.25) is 0 Å². The standard InChI is InChI=1S/C13H20BrNS/c1-3-4-7-16-12-6-5-11(8-10(2)15)13(14)9-12/h5-6,9-10H,3-4,7-8,15H2,1-2H3. The number of halogens is 1. The first-order valence-corrected chi connectivity index (χ1v) is 7.58. The topological polar surface area (TPSA) is 26.0 Å². The number of benzene rings is 1. The minimum Gasteiger partial charge on any atom is -0.328 e. The van der Waals surface area contributed by atoms with E-state index in [1.807, 2.05) is 18.7 Å².